The first-order chi connectivity index (χ1) is 11.5. The molecule has 0 radical (unpaired) electrons. The highest BCUT2D eigenvalue weighted by atomic mass is 16.1. The van der Waals surface area contributed by atoms with Crippen molar-refractivity contribution in [3.05, 3.63) is 47.8 Å². The van der Waals surface area contributed by atoms with Crippen LogP contribution in [0.3, 0.4) is 0 Å². The predicted octanol–water partition coefficient (Wildman–Crippen LogP) is 4.31. The summed E-state index contributed by atoms with van der Waals surface area (Å²) in [7, 11) is 0. The lowest BCUT2D eigenvalue weighted by Gasteiger charge is -2.09. The first-order valence-corrected chi connectivity index (χ1v) is 8.43. The van der Waals surface area contributed by atoms with Crippen molar-refractivity contribution in [1.29, 1.82) is 0 Å². The molecule has 0 bridgehead atoms. The summed E-state index contributed by atoms with van der Waals surface area (Å²) in [6.45, 7) is 9.45. The summed E-state index contributed by atoms with van der Waals surface area (Å²) in [4.78, 5) is 20.6. The standard InChI is InChI=1S/C19H26N4O/c1-13(2)9-10-20-19-21-11-16(12-22-19)18(24)23-17-7-5-15(6-8-17)14(3)4/h5-8,11-14H,9-10H2,1-4H3,(H,23,24)(H,20,21,22). The molecule has 1 aromatic heterocycles. The summed E-state index contributed by atoms with van der Waals surface area (Å²) < 4.78 is 0. The molecule has 0 saturated carbocycles. The number of carbonyl (C=O) groups excluding carboxylic acids is 1. The van der Waals surface area contributed by atoms with Gasteiger partial charge >= 0.3 is 0 Å². The molecule has 2 rings (SSSR count). The highest BCUT2D eigenvalue weighted by molar-refractivity contribution is 6.03. The molecule has 5 heteroatoms. The molecule has 2 N–H and O–H groups in total. The second-order valence-corrected chi connectivity index (χ2v) is 6.64. The van der Waals surface area contributed by atoms with Gasteiger partial charge in [-0.15, -0.1) is 0 Å². The lowest BCUT2D eigenvalue weighted by atomic mass is 10.0. The third kappa shape index (κ3) is 5.33. The Labute approximate surface area is 143 Å². The number of rotatable bonds is 7. The Morgan fingerprint density at radius 2 is 1.67 bits per heavy atom. The van der Waals surface area contributed by atoms with Crippen LogP contribution in [0.15, 0.2) is 36.7 Å². The fourth-order valence-corrected chi connectivity index (χ4v) is 2.16. The molecule has 2 aromatic rings. The maximum absolute atomic E-state index is 12.2. The van der Waals surface area contributed by atoms with E-state index in [9.17, 15) is 4.79 Å². The van der Waals surface area contributed by atoms with Gasteiger partial charge in [-0.3, -0.25) is 4.79 Å². The van der Waals surface area contributed by atoms with Crippen LogP contribution in [0.1, 0.15) is 56.0 Å². The van der Waals surface area contributed by atoms with Gasteiger partial charge in [-0.2, -0.15) is 0 Å². The first kappa shape index (κ1) is 17.9. The quantitative estimate of drug-likeness (QED) is 0.795. The lowest BCUT2D eigenvalue weighted by Crippen LogP contribution is -2.14. The molecule has 0 saturated heterocycles. The van der Waals surface area contributed by atoms with Crippen LogP contribution >= 0.6 is 0 Å². The third-order valence-electron chi connectivity index (χ3n) is 3.75. The number of carbonyl (C=O) groups is 1. The molecule has 1 heterocycles. The summed E-state index contributed by atoms with van der Waals surface area (Å²) in [6, 6.07) is 7.88. The molecule has 0 fully saturated rings. The van der Waals surface area contributed by atoms with Crippen LogP contribution in [0.25, 0.3) is 0 Å². The molecular weight excluding hydrogens is 300 g/mol. The van der Waals surface area contributed by atoms with Crippen molar-refractivity contribution >= 4 is 17.5 Å². The fraction of sp³-hybridized carbons (Fsp3) is 0.421. The van der Waals surface area contributed by atoms with E-state index < -0.39 is 0 Å². The van der Waals surface area contributed by atoms with Gasteiger partial charge in [0, 0.05) is 24.6 Å². The topological polar surface area (TPSA) is 66.9 Å². The van der Waals surface area contributed by atoms with Gasteiger partial charge in [-0.25, -0.2) is 9.97 Å². The van der Waals surface area contributed by atoms with Gasteiger partial charge in [-0.1, -0.05) is 39.8 Å². The van der Waals surface area contributed by atoms with Crippen molar-refractivity contribution in [3.8, 4) is 0 Å². The summed E-state index contributed by atoms with van der Waals surface area (Å²) >= 11 is 0. The van der Waals surface area contributed by atoms with Crippen molar-refractivity contribution in [1.82, 2.24) is 9.97 Å². The minimum Gasteiger partial charge on any atom is -0.354 e. The maximum Gasteiger partial charge on any atom is 0.258 e. The van der Waals surface area contributed by atoms with Gasteiger partial charge in [0.1, 0.15) is 0 Å². The van der Waals surface area contributed by atoms with Crippen molar-refractivity contribution in [3.63, 3.8) is 0 Å². The van der Waals surface area contributed by atoms with Gasteiger partial charge in [0.2, 0.25) is 5.95 Å². The van der Waals surface area contributed by atoms with E-state index in [0.29, 0.717) is 23.3 Å². The molecule has 0 aliphatic carbocycles. The van der Waals surface area contributed by atoms with Crippen LogP contribution in [0.2, 0.25) is 0 Å². The zero-order valence-electron chi connectivity index (χ0n) is 14.8. The van der Waals surface area contributed by atoms with E-state index in [4.69, 9.17) is 0 Å². The van der Waals surface area contributed by atoms with Crippen LogP contribution in [0.5, 0.6) is 0 Å². The van der Waals surface area contributed by atoms with Crippen LogP contribution < -0.4 is 10.6 Å². The van der Waals surface area contributed by atoms with Crippen molar-refractivity contribution in [2.24, 2.45) is 5.92 Å². The molecule has 1 aromatic carbocycles. The van der Waals surface area contributed by atoms with Crippen LogP contribution in [0.4, 0.5) is 11.6 Å². The zero-order valence-corrected chi connectivity index (χ0v) is 14.8. The van der Waals surface area contributed by atoms with E-state index in [1.807, 2.05) is 24.3 Å². The van der Waals surface area contributed by atoms with Crippen LogP contribution in [-0.4, -0.2) is 22.4 Å². The molecule has 0 aliphatic rings. The minimum atomic E-state index is -0.207. The molecule has 1 amide bonds. The number of nitrogens with one attached hydrogen (secondary N) is 2. The largest absolute Gasteiger partial charge is 0.354 e. The highest BCUT2D eigenvalue weighted by Crippen LogP contribution is 2.17. The Balaban J connectivity index is 1.92. The van der Waals surface area contributed by atoms with E-state index in [-0.39, 0.29) is 5.91 Å². The number of amides is 1. The second-order valence-electron chi connectivity index (χ2n) is 6.64. The lowest BCUT2D eigenvalue weighted by molar-refractivity contribution is 0.102. The van der Waals surface area contributed by atoms with Crippen LogP contribution in [0, 0.1) is 5.92 Å². The summed E-state index contributed by atoms with van der Waals surface area (Å²) in [5.74, 6) is 1.44. The monoisotopic (exact) mass is 326 g/mol. The maximum atomic E-state index is 12.2. The molecule has 0 atom stereocenters. The molecular formula is C19H26N4O. The SMILES string of the molecule is CC(C)CCNc1ncc(C(=O)Nc2ccc(C(C)C)cc2)cn1. The van der Waals surface area contributed by atoms with E-state index in [2.05, 4.69) is 48.3 Å². The van der Waals surface area contributed by atoms with Crippen molar-refractivity contribution in [2.45, 2.75) is 40.0 Å². The number of anilines is 2. The zero-order chi connectivity index (χ0) is 17.5. The van der Waals surface area contributed by atoms with Crippen molar-refractivity contribution < 1.29 is 4.79 Å². The van der Waals surface area contributed by atoms with Gasteiger partial charge in [0.05, 0.1) is 5.56 Å². The van der Waals surface area contributed by atoms with E-state index in [0.717, 1.165) is 18.7 Å². The molecule has 24 heavy (non-hydrogen) atoms. The normalized spacial score (nSPS) is 10.9. The smallest absolute Gasteiger partial charge is 0.258 e. The van der Waals surface area contributed by atoms with Crippen LogP contribution in [-0.2, 0) is 0 Å². The van der Waals surface area contributed by atoms with Gasteiger partial charge < -0.3 is 10.6 Å². The fourth-order valence-electron chi connectivity index (χ4n) is 2.16. The molecule has 128 valence electrons. The Hall–Kier alpha value is -2.43. The highest BCUT2D eigenvalue weighted by Gasteiger charge is 2.08. The average Bonchev–Trinajstić information content (AvgIpc) is 2.55. The molecule has 5 nitrogen and oxygen atoms in total. The average molecular weight is 326 g/mol. The van der Waals surface area contributed by atoms with Crippen molar-refractivity contribution in [2.75, 3.05) is 17.2 Å². The van der Waals surface area contributed by atoms with Gasteiger partial charge in [0.15, 0.2) is 0 Å². The van der Waals surface area contributed by atoms with Gasteiger partial charge in [0.25, 0.3) is 5.91 Å². The molecule has 0 spiro atoms. The number of aromatic nitrogens is 2. The summed E-state index contributed by atoms with van der Waals surface area (Å²) in [5.41, 5.74) is 2.45. The van der Waals surface area contributed by atoms with Gasteiger partial charge in [-0.05, 0) is 36.0 Å². The Morgan fingerprint density at radius 1 is 1.04 bits per heavy atom. The number of benzene rings is 1. The second kappa shape index (κ2) is 8.43. The predicted molar refractivity (Wildman–Crippen MR) is 98.5 cm³/mol. The Bertz CT molecular complexity index is 648. The summed E-state index contributed by atoms with van der Waals surface area (Å²) in [6.07, 6.45) is 4.14. The van der Waals surface area contributed by atoms with E-state index >= 15 is 0 Å². The minimum absolute atomic E-state index is 0.207. The third-order valence-corrected chi connectivity index (χ3v) is 3.75. The van der Waals surface area contributed by atoms with E-state index in [1.54, 1.807) is 12.4 Å². The molecule has 0 aliphatic heterocycles. The number of hydrogen-bond donors (Lipinski definition) is 2. The Morgan fingerprint density at radius 3 is 2.21 bits per heavy atom. The molecule has 0 unspecified atom stereocenters. The summed E-state index contributed by atoms with van der Waals surface area (Å²) in [5, 5.41) is 6.02. The number of hydrogen-bond acceptors (Lipinski definition) is 4. The first-order valence-electron chi connectivity index (χ1n) is 8.43. The number of nitrogens with zero attached hydrogens (tertiary/aromatic N) is 2. The Kier molecular flexibility index (Phi) is 6.29. The van der Waals surface area contributed by atoms with E-state index in [1.165, 1.54) is 5.56 Å².